The predicted molar refractivity (Wildman–Crippen MR) is 45.5 cm³/mol. The zero-order valence-corrected chi connectivity index (χ0v) is 7.02. The van der Waals surface area contributed by atoms with Gasteiger partial charge >= 0.3 is 0 Å². The number of hydrogen-bond acceptors (Lipinski definition) is 1. The second-order valence-corrected chi connectivity index (χ2v) is 3.31. The van der Waals surface area contributed by atoms with Crippen LogP contribution in [0.4, 0.5) is 0 Å². The molecule has 0 fully saturated rings. The summed E-state index contributed by atoms with van der Waals surface area (Å²) < 4.78 is 5.40. The predicted octanol–water partition coefficient (Wildman–Crippen LogP) is 2.44. The number of ether oxygens (including phenoxy) is 1. The molecule has 11 heavy (non-hydrogen) atoms. The molecule has 0 saturated carbocycles. The van der Waals surface area contributed by atoms with Gasteiger partial charge in [0.1, 0.15) is 0 Å². The highest BCUT2D eigenvalue weighted by molar-refractivity contribution is 5.38. The normalized spacial score (nSPS) is 24.6. The van der Waals surface area contributed by atoms with Gasteiger partial charge in [0.15, 0.2) is 0 Å². The van der Waals surface area contributed by atoms with Crippen LogP contribution in [0.2, 0.25) is 0 Å². The molecule has 0 aromatic rings. The van der Waals surface area contributed by atoms with E-state index in [1.165, 1.54) is 18.4 Å². The molecule has 2 aliphatic rings. The fraction of sp³-hybridized carbons (Fsp3) is 0.600. The Balaban J connectivity index is 2.29. The molecular formula is C10H14O. The molecule has 1 aliphatic heterocycles. The van der Waals surface area contributed by atoms with E-state index in [1.54, 1.807) is 11.1 Å². The lowest BCUT2D eigenvalue weighted by Crippen LogP contribution is -2.14. The van der Waals surface area contributed by atoms with Crippen LogP contribution < -0.4 is 0 Å². The molecule has 0 saturated heterocycles. The standard InChI is InChI=1S/C10H14O/c1-8-3-2-4-9-7-11-6-5-10(8)9/h3H,2,4-7H2,1H3. The van der Waals surface area contributed by atoms with E-state index in [2.05, 4.69) is 13.0 Å². The average Bonchev–Trinajstić information content (AvgIpc) is 2.06. The summed E-state index contributed by atoms with van der Waals surface area (Å²) in [7, 11) is 0. The first kappa shape index (κ1) is 7.11. The van der Waals surface area contributed by atoms with Crippen molar-refractivity contribution in [3.05, 3.63) is 22.8 Å². The molecule has 0 aromatic heterocycles. The maximum Gasteiger partial charge on any atom is 0.0682 e. The Morgan fingerprint density at radius 3 is 3.09 bits per heavy atom. The zero-order valence-electron chi connectivity index (χ0n) is 7.02. The fourth-order valence-electron chi connectivity index (χ4n) is 1.92. The maximum atomic E-state index is 5.40. The summed E-state index contributed by atoms with van der Waals surface area (Å²) in [6, 6.07) is 0. The van der Waals surface area contributed by atoms with Crippen LogP contribution in [0.5, 0.6) is 0 Å². The molecule has 0 spiro atoms. The molecule has 1 heterocycles. The van der Waals surface area contributed by atoms with Crippen molar-refractivity contribution in [1.29, 1.82) is 0 Å². The molecule has 1 heteroatoms. The molecule has 0 N–H and O–H groups in total. The summed E-state index contributed by atoms with van der Waals surface area (Å²) in [5, 5.41) is 0. The number of allylic oxidation sites excluding steroid dienone is 2. The first-order chi connectivity index (χ1) is 5.38. The quantitative estimate of drug-likeness (QED) is 0.515. The molecule has 0 unspecified atom stereocenters. The number of hydrogen-bond donors (Lipinski definition) is 0. The molecule has 2 rings (SSSR count). The van der Waals surface area contributed by atoms with Gasteiger partial charge in [0, 0.05) is 0 Å². The van der Waals surface area contributed by atoms with E-state index in [1.807, 2.05) is 0 Å². The third-order valence-corrected chi connectivity index (χ3v) is 2.57. The van der Waals surface area contributed by atoms with Crippen molar-refractivity contribution in [2.24, 2.45) is 0 Å². The lowest BCUT2D eigenvalue weighted by Gasteiger charge is -2.24. The summed E-state index contributed by atoms with van der Waals surface area (Å²) in [5.41, 5.74) is 4.63. The molecule has 0 aromatic carbocycles. The highest BCUT2D eigenvalue weighted by Crippen LogP contribution is 2.30. The highest BCUT2D eigenvalue weighted by atomic mass is 16.5. The summed E-state index contributed by atoms with van der Waals surface area (Å²) >= 11 is 0. The van der Waals surface area contributed by atoms with Crippen LogP contribution in [0, 0.1) is 0 Å². The lowest BCUT2D eigenvalue weighted by atomic mass is 9.89. The second-order valence-electron chi connectivity index (χ2n) is 3.31. The van der Waals surface area contributed by atoms with Gasteiger partial charge in [0.2, 0.25) is 0 Å². The SMILES string of the molecule is CC1=CCCC2=C1CCOC2. The summed E-state index contributed by atoms with van der Waals surface area (Å²) in [6.45, 7) is 4.03. The number of rotatable bonds is 0. The monoisotopic (exact) mass is 150 g/mol. The van der Waals surface area contributed by atoms with Crippen LogP contribution in [0.3, 0.4) is 0 Å². The summed E-state index contributed by atoms with van der Waals surface area (Å²) in [6.07, 6.45) is 5.93. The Morgan fingerprint density at radius 2 is 2.27 bits per heavy atom. The van der Waals surface area contributed by atoms with E-state index < -0.39 is 0 Å². The molecule has 1 aliphatic carbocycles. The zero-order chi connectivity index (χ0) is 7.68. The van der Waals surface area contributed by atoms with E-state index >= 15 is 0 Å². The summed E-state index contributed by atoms with van der Waals surface area (Å²) in [5.74, 6) is 0. The first-order valence-electron chi connectivity index (χ1n) is 4.33. The van der Waals surface area contributed by atoms with Gasteiger partial charge in [-0.1, -0.05) is 11.6 Å². The fourth-order valence-corrected chi connectivity index (χ4v) is 1.92. The van der Waals surface area contributed by atoms with Gasteiger partial charge in [-0.2, -0.15) is 0 Å². The summed E-state index contributed by atoms with van der Waals surface area (Å²) in [4.78, 5) is 0. The van der Waals surface area contributed by atoms with Gasteiger partial charge < -0.3 is 4.74 Å². The Labute approximate surface area is 67.7 Å². The van der Waals surface area contributed by atoms with E-state index in [0.717, 1.165) is 19.6 Å². The van der Waals surface area contributed by atoms with E-state index in [4.69, 9.17) is 4.74 Å². The van der Waals surface area contributed by atoms with E-state index in [-0.39, 0.29) is 0 Å². The minimum Gasteiger partial charge on any atom is -0.377 e. The van der Waals surface area contributed by atoms with Crippen LogP contribution >= 0.6 is 0 Å². The van der Waals surface area contributed by atoms with Crippen LogP contribution in [0.15, 0.2) is 22.8 Å². The van der Waals surface area contributed by atoms with Crippen molar-refractivity contribution in [2.75, 3.05) is 13.2 Å². The molecule has 60 valence electrons. The van der Waals surface area contributed by atoms with Crippen molar-refractivity contribution < 1.29 is 4.74 Å². The average molecular weight is 150 g/mol. The maximum absolute atomic E-state index is 5.40. The second kappa shape index (κ2) is 2.82. The van der Waals surface area contributed by atoms with Gasteiger partial charge in [-0.3, -0.25) is 0 Å². The smallest absolute Gasteiger partial charge is 0.0682 e. The lowest BCUT2D eigenvalue weighted by molar-refractivity contribution is 0.144. The van der Waals surface area contributed by atoms with E-state index in [0.29, 0.717) is 0 Å². The van der Waals surface area contributed by atoms with Crippen LogP contribution in [0.1, 0.15) is 26.2 Å². The molecule has 0 bridgehead atoms. The van der Waals surface area contributed by atoms with Gasteiger partial charge in [-0.05, 0) is 37.3 Å². The van der Waals surface area contributed by atoms with Crippen LogP contribution in [-0.4, -0.2) is 13.2 Å². The van der Waals surface area contributed by atoms with Gasteiger partial charge in [0.25, 0.3) is 0 Å². The Hall–Kier alpha value is -0.560. The van der Waals surface area contributed by atoms with Gasteiger partial charge in [-0.25, -0.2) is 0 Å². The van der Waals surface area contributed by atoms with Crippen molar-refractivity contribution >= 4 is 0 Å². The van der Waals surface area contributed by atoms with Crippen molar-refractivity contribution in [1.82, 2.24) is 0 Å². The Kier molecular flexibility index (Phi) is 1.82. The van der Waals surface area contributed by atoms with Gasteiger partial charge in [0.05, 0.1) is 13.2 Å². The molecule has 0 amide bonds. The van der Waals surface area contributed by atoms with Crippen LogP contribution in [-0.2, 0) is 4.74 Å². The van der Waals surface area contributed by atoms with Crippen LogP contribution in [0.25, 0.3) is 0 Å². The van der Waals surface area contributed by atoms with E-state index in [9.17, 15) is 0 Å². The third-order valence-electron chi connectivity index (χ3n) is 2.57. The minimum absolute atomic E-state index is 0.889. The molecular weight excluding hydrogens is 136 g/mol. The van der Waals surface area contributed by atoms with Crippen molar-refractivity contribution in [3.63, 3.8) is 0 Å². The Bertz CT molecular complexity index is 223. The molecule has 1 nitrogen and oxygen atoms in total. The van der Waals surface area contributed by atoms with Crippen molar-refractivity contribution in [2.45, 2.75) is 26.2 Å². The Morgan fingerprint density at radius 1 is 1.36 bits per heavy atom. The van der Waals surface area contributed by atoms with Gasteiger partial charge in [-0.15, -0.1) is 0 Å². The topological polar surface area (TPSA) is 9.23 Å². The first-order valence-corrected chi connectivity index (χ1v) is 4.33. The molecule has 0 radical (unpaired) electrons. The highest BCUT2D eigenvalue weighted by Gasteiger charge is 2.16. The van der Waals surface area contributed by atoms with Crippen molar-refractivity contribution in [3.8, 4) is 0 Å². The minimum atomic E-state index is 0.889. The largest absolute Gasteiger partial charge is 0.377 e. The molecule has 0 atom stereocenters. The third kappa shape index (κ3) is 1.25.